The molecule has 152 valence electrons. The number of carbonyl (C=O) groups is 2. The van der Waals surface area contributed by atoms with Crippen molar-refractivity contribution in [2.24, 2.45) is 0 Å². The molecule has 0 spiro atoms. The zero-order valence-corrected chi connectivity index (χ0v) is 18.7. The predicted octanol–water partition coefficient (Wildman–Crippen LogP) is 2.75. The summed E-state index contributed by atoms with van der Waals surface area (Å²) in [4.78, 5) is 23.7. The van der Waals surface area contributed by atoms with Gasteiger partial charge in [0.1, 0.15) is 31.6 Å². The Morgan fingerprint density at radius 3 is 2.48 bits per heavy atom. The number of amides is 1. The standard InChI is InChI=1S/C21H23BBrNO5/c1-11(2)14-8-13(6-7-17(14)27-4)29-20-16(22)9-15(12(3)19(20)23)21(26)24-10-18(25)28-5/h6-9H,1,10,22H2,2-5H3,(H,24,26). The highest BCUT2D eigenvalue weighted by atomic mass is 79.9. The molecule has 0 atom stereocenters. The number of halogens is 1. The van der Waals surface area contributed by atoms with Gasteiger partial charge in [-0.05, 0) is 64.6 Å². The fourth-order valence-corrected chi connectivity index (χ4v) is 3.34. The molecular weight excluding hydrogens is 437 g/mol. The minimum absolute atomic E-state index is 0.195. The number of allylic oxidation sites excluding steroid dienone is 1. The third kappa shape index (κ3) is 5.20. The van der Waals surface area contributed by atoms with Crippen LogP contribution in [0.3, 0.4) is 0 Å². The van der Waals surface area contributed by atoms with Crippen LogP contribution in [0.15, 0.2) is 35.3 Å². The number of methoxy groups -OCH3 is 2. The molecule has 6 nitrogen and oxygen atoms in total. The van der Waals surface area contributed by atoms with E-state index < -0.39 is 5.97 Å². The van der Waals surface area contributed by atoms with Crippen LogP contribution in [0.1, 0.15) is 28.4 Å². The fraction of sp³-hybridized carbons (Fsp3) is 0.238. The van der Waals surface area contributed by atoms with E-state index in [9.17, 15) is 9.59 Å². The first-order chi connectivity index (χ1) is 13.7. The topological polar surface area (TPSA) is 73.9 Å². The maximum absolute atomic E-state index is 12.4. The van der Waals surface area contributed by atoms with Gasteiger partial charge in [0.2, 0.25) is 0 Å². The molecule has 2 aromatic rings. The van der Waals surface area contributed by atoms with Crippen LogP contribution in [0.4, 0.5) is 0 Å². The van der Waals surface area contributed by atoms with Gasteiger partial charge in [-0.25, -0.2) is 0 Å². The molecule has 8 heteroatoms. The summed E-state index contributed by atoms with van der Waals surface area (Å²) in [6.45, 7) is 7.48. The molecule has 0 aromatic heterocycles. The maximum Gasteiger partial charge on any atom is 0.325 e. The second-order valence-electron chi connectivity index (χ2n) is 6.51. The Balaban J connectivity index is 2.35. The lowest BCUT2D eigenvalue weighted by atomic mass is 9.90. The van der Waals surface area contributed by atoms with E-state index in [1.807, 2.05) is 33.0 Å². The lowest BCUT2D eigenvalue weighted by molar-refractivity contribution is -0.139. The van der Waals surface area contributed by atoms with Gasteiger partial charge in [-0.1, -0.05) is 12.6 Å². The average molecular weight is 460 g/mol. The molecule has 0 aliphatic carbocycles. The predicted molar refractivity (Wildman–Crippen MR) is 119 cm³/mol. The largest absolute Gasteiger partial charge is 0.496 e. The summed E-state index contributed by atoms with van der Waals surface area (Å²) in [6, 6.07) is 7.22. The van der Waals surface area contributed by atoms with Crippen molar-refractivity contribution in [1.82, 2.24) is 5.32 Å². The Hall–Kier alpha value is -2.74. The SMILES string of the molecule is Bc1cc(C(=O)NCC(=O)OC)c(C)c(Br)c1Oc1ccc(OC)c(C(=C)C)c1. The number of ether oxygens (including phenoxy) is 3. The van der Waals surface area contributed by atoms with E-state index in [0.29, 0.717) is 27.1 Å². The summed E-state index contributed by atoms with van der Waals surface area (Å²) >= 11 is 3.54. The number of carbonyl (C=O) groups excluding carboxylic acids is 2. The van der Waals surface area contributed by atoms with Gasteiger partial charge in [-0.3, -0.25) is 9.59 Å². The smallest absolute Gasteiger partial charge is 0.325 e. The lowest BCUT2D eigenvalue weighted by Crippen LogP contribution is -2.31. The Morgan fingerprint density at radius 2 is 1.90 bits per heavy atom. The molecule has 0 heterocycles. The molecule has 0 saturated heterocycles. The number of nitrogens with one attached hydrogen (secondary N) is 1. The third-order valence-corrected chi connectivity index (χ3v) is 5.32. The van der Waals surface area contributed by atoms with Crippen LogP contribution in [0, 0.1) is 6.92 Å². The van der Waals surface area contributed by atoms with Crippen molar-refractivity contribution in [2.45, 2.75) is 13.8 Å². The number of hydrogen-bond acceptors (Lipinski definition) is 5. The molecule has 0 radical (unpaired) electrons. The summed E-state index contributed by atoms with van der Waals surface area (Å²) in [6.07, 6.45) is 0. The van der Waals surface area contributed by atoms with Crippen LogP contribution in [0.25, 0.3) is 5.57 Å². The van der Waals surface area contributed by atoms with Gasteiger partial charge in [0.15, 0.2) is 0 Å². The zero-order valence-electron chi connectivity index (χ0n) is 17.1. The van der Waals surface area contributed by atoms with Crippen LogP contribution in [-0.4, -0.2) is 40.5 Å². The van der Waals surface area contributed by atoms with E-state index >= 15 is 0 Å². The summed E-state index contributed by atoms with van der Waals surface area (Å²) in [5.74, 6) is 1.06. The molecule has 2 rings (SSSR count). The van der Waals surface area contributed by atoms with Crippen molar-refractivity contribution in [2.75, 3.05) is 20.8 Å². The minimum atomic E-state index is -0.514. The highest BCUT2D eigenvalue weighted by Gasteiger charge is 2.19. The first kappa shape index (κ1) is 22.6. The van der Waals surface area contributed by atoms with Crippen molar-refractivity contribution in [3.05, 3.63) is 52.0 Å². The van der Waals surface area contributed by atoms with Crippen molar-refractivity contribution >= 4 is 46.7 Å². The lowest BCUT2D eigenvalue weighted by Gasteiger charge is -2.17. The highest BCUT2D eigenvalue weighted by molar-refractivity contribution is 9.10. The van der Waals surface area contributed by atoms with Gasteiger partial charge in [-0.2, -0.15) is 0 Å². The molecule has 0 aliphatic heterocycles. The Bertz CT molecular complexity index is 974. The van der Waals surface area contributed by atoms with Gasteiger partial charge in [0.05, 0.1) is 18.7 Å². The fourth-order valence-electron chi connectivity index (χ4n) is 2.73. The summed E-state index contributed by atoms with van der Waals surface area (Å²) in [7, 11) is 4.72. The van der Waals surface area contributed by atoms with Gasteiger partial charge < -0.3 is 19.5 Å². The molecule has 0 saturated carbocycles. The monoisotopic (exact) mass is 459 g/mol. The molecule has 0 unspecified atom stereocenters. The Labute approximate surface area is 179 Å². The Morgan fingerprint density at radius 1 is 1.21 bits per heavy atom. The van der Waals surface area contributed by atoms with Crippen LogP contribution in [0.2, 0.25) is 0 Å². The number of rotatable bonds is 7. The molecule has 1 amide bonds. The van der Waals surface area contributed by atoms with Crippen molar-refractivity contribution in [3.8, 4) is 17.2 Å². The zero-order chi connectivity index (χ0) is 21.7. The van der Waals surface area contributed by atoms with E-state index in [0.717, 1.165) is 22.3 Å². The van der Waals surface area contributed by atoms with E-state index in [-0.39, 0.29) is 12.5 Å². The van der Waals surface area contributed by atoms with E-state index in [2.05, 4.69) is 32.6 Å². The maximum atomic E-state index is 12.4. The molecule has 0 bridgehead atoms. The molecule has 0 fully saturated rings. The third-order valence-electron chi connectivity index (χ3n) is 4.37. The van der Waals surface area contributed by atoms with E-state index in [4.69, 9.17) is 9.47 Å². The molecule has 0 aliphatic rings. The van der Waals surface area contributed by atoms with Crippen LogP contribution in [0.5, 0.6) is 17.2 Å². The number of benzene rings is 2. The van der Waals surface area contributed by atoms with Crippen molar-refractivity contribution in [1.29, 1.82) is 0 Å². The number of hydrogen-bond donors (Lipinski definition) is 1. The first-order valence-corrected chi connectivity index (χ1v) is 9.65. The van der Waals surface area contributed by atoms with Gasteiger partial charge in [0.25, 0.3) is 5.91 Å². The van der Waals surface area contributed by atoms with Gasteiger partial charge in [-0.15, -0.1) is 0 Å². The van der Waals surface area contributed by atoms with Gasteiger partial charge in [0, 0.05) is 11.1 Å². The molecule has 1 N–H and O–H groups in total. The molecule has 2 aromatic carbocycles. The molecular formula is C21H23BBrNO5. The van der Waals surface area contributed by atoms with Crippen LogP contribution < -0.4 is 20.3 Å². The highest BCUT2D eigenvalue weighted by Crippen LogP contribution is 2.35. The first-order valence-electron chi connectivity index (χ1n) is 8.86. The van der Waals surface area contributed by atoms with E-state index in [1.54, 1.807) is 20.1 Å². The number of esters is 1. The summed E-state index contributed by atoms with van der Waals surface area (Å²) < 4.78 is 16.7. The van der Waals surface area contributed by atoms with Crippen molar-refractivity contribution in [3.63, 3.8) is 0 Å². The quantitative estimate of drug-likeness (QED) is 0.509. The van der Waals surface area contributed by atoms with Crippen molar-refractivity contribution < 1.29 is 23.8 Å². The second-order valence-corrected chi connectivity index (χ2v) is 7.31. The van der Waals surface area contributed by atoms with Crippen LogP contribution >= 0.6 is 15.9 Å². The molecule has 29 heavy (non-hydrogen) atoms. The summed E-state index contributed by atoms with van der Waals surface area (Å²) in [5, 5.41) is 2.55. The second kappa shape index (κ2) is 9.65. The summed E-state index contributed by atoms with van der Waals surface area (Å²) in [5.41, 5.74) is 3.62. The van der Waals surface area contributed by atoms with Gasteiger partial charge >= 0.3 is 5.97 Å². The van der Waals surface area contributed by atoms with E-state index in [1.165, 1.54) is 7.11 Å². The average Bonchev–Trinajstić information content (AvgIpc) is 2.71. The van der Waals surface area contributed by atoms with Crippen LogP contribution in [-0.2, 0) is 9.53 Å². The Kier molecular flexibility index (Phi) is 7.50. The minimum Gasteiger partial charge on any atom is -0.496 e. The normalized spacial score (nSPS) is 10.2.